The SMILES string of the molecule is COc1cccc(NC(=O)C2CCCN(S(=O)(=O)c3ccc4c(c3)oc(=O)n4C)C2)c1. The van der Waals surface area contributed by atoms with Gasteiger partial charge in [-0.15, -0.1) is 0 Å². The standard InChI is InChI=1S/C21H23N3O6S/c1-23-18-9-8-17(12-19(18)30-21(23)26)31(27,28)24-10-4-5-14(13-24)20(25)22-15-6-3-7-16(11-15)29-2/h3,6-9,11-12,14H,4-5,10,13H2,1-2H3,(H,22,25). The number of oxazole rings is 1. The maximum Gasteiger partial charge on any atom is 0.419 e. The van der Waals surface area contributed by atoms with Crippen LogP contribution in [0, 0.1) is 5.92 Å². The van der Waals surface area contributed by atoms with Gasteiger partial charge in [-0.3, -0.25) is 9.36 Å². The molecule has 0 aliphatic carbocycles. The third-order valence-electron chi connectivity index (χ3n) is 5.49. The number of hydrogen-bond donors (Lipinski definition) is 1. The van der Waals surface area contributed by atoms with Crippen LogP contribution in [0.25, 0.3) is 11.1 Å². The Kier molecular flexibility index (Phi) is 5.59. The van der Waals surface area contributed by atoms with Crippen molar-refractivity contribution in [2.75, 3.05) is 25.5 Å². The number of ether oxygens (including phenoxy) is 1. The second kappa shape index (κ2) is 8.20. The Morgan fingerprint density at radius 1 is 1.23 bits per heavy atom. The Morgan fingerprint density at radius 3 is 2.81 bits per heavy atom. The van der Waals surface area contributed by atoms with Crippen LogP contribution in [0.2, 0.25) is 0 Å². The lowest BCUT2D eigenvalue weighted by Gasteiger charge is -2.31. The summed E-state index contributed by atoms with van der Waals surface area (Å²) in [6.45, 7) is 0.400. The Labute approximate surface area is 179 Å². The summed E-state index contributed by atoms with van der Waals surface area (Å²) < 4.78 is 39.3. The highest BCUT2D eigenvalue weighted by Gasteiger charge is 2.33. The van der Waals surface area contributed by atoms with Crippen molar-refractivity contribution in [2.45, 2.75) is 17.7 Å². The number of aryl methyl sites for hydroxylation is 1. The van der Waals surface area contributed by atoms with Crippen LogP contribution in [0.1, 0.15) is 12.8 Å². The summed E-state index contributed by atoms with van der Waals surface area (Å²) >= 11 is 0. The second-order valence-corrected chi connectivity index (χ2v) is 9.42. The summed E-state index contributed by atoms with van der Waals surface area (Å²) in [6, 6.07) is 11.3. The van der Waals surface area contributed by atoms with E-state index in [0.29, 0.717) is 36.3 Å². The molecule has 0 bridgehead atoms. The van der Waals surface area contributed by atoms with Crippen molar-refractivity contribution >= 4 is 32.7 Å². The zero-order valence-electron chi connectivity index (χ0n) is 17.2. The number of sulfonamides is 1. The summed E-state index contributed by atoms with van der Waals surface area (Å²) in [4.78, 5) is 24.5. The number of anilines is 1. The van der Waals surface area contributed by atoms with Crippen LogP contribution in [-0.4, -0.2) is 43.4 Å². The fourth-order valence-corrected chi connectivity index (χ4v) is 5.28. The van der Waals surface area contributed by atoms with E-state index in [0.717, 1.165) is 0 Å². The molecule has 2 heterocycles. The zero-order chi connectivity index (χ0) is 22.2. The van der Waals surface area contributed by atoms with Gasteiger partial charge < -0.3 is 14.5 Å². The molecule has 164 valence electrons. The number of nitrogens with zero attached hydrogens (tertiary/aromatic N) is 2. The number of benzene rings is 2. The van der Waals surface area contributed by atoms with Gasteiger partial charge in [-0.1, -0.05) is 6.07 Å². The van der Waals surface area contributed by atoms with Crippen LogP contribution < -0.4 is 15.8 Å². The van der Waals surface area contributed by atoms with Crippen molar-refractivity contribution in [3.63, 3.8) is 0 Å². The first-order valence-electron chi connectivity index (χ1n) is 9.84. The molecular formula is C21H23N3O6S. The van der Waals surface area contributed by atoms with Crippen molar-refractivity contribution < 1.29 is 22.4 Å². The molecule has 3 aromatic rings. The highest BCUT2D eigenvalue weighted by Crippen LogP contribution is 2.27. The number of rotatable bonds is 5. The maximum absolute atomic E-state index is 13.2. The van der Waals surface area contributed by atoms with Gasteiger partial charge in [0, 0.05) is 38.0 Å². The predicted molar refractivity (Wildman–Crippen MR) is 115 cm³/mol. The van der Waals surface area contributed by atoms with Crippen LogP contribution in [0.3, 0.4) is 0 Å². The Hall–Kier alpha value is -3.11. The molecule has 1 N–H and O–H groups in total. The van der Waals surface area contributed by atoms with Crippen LogP contribution in [0.5, 0.6) is 5.75 Å². The van der Waals surface area contributed by atoms with E-state index in [1.54, 1.807) is 44.5 Å². The van der Waals surface area contributed by atoms with Gasteiger partial charge in [-0.25, -0.2) is 13.2 Å². The lowest BCUT2D eigenvalue weighted by Crippen LogP contribution is -2.43. The van der Waals surface area contributed by atoms with Crippen molar-refractivity contribution in [1.29, 1.82) is 0 Å². The smallest absolute Gasteiger partial charge is 0.419 e. The zero-order valence-corrected chi connectivity index (χ0v) is 18.0. The van der Waals surface area contributed by atoms with Crippen LogP contribution in [-0.2, 0) is 21.9 Å². The predicted octanol–water partition coefficient (Wildman–Crippen LogP) is 2.18. The topological polar surface area (TPSA) is 111 Å². The normalized spacial score (nSPS) is 17.5. The number of carbonyl (C=O) groups is 1. The average molecular weight is 445 g/mol. The average Bonchev–Trinajstić information content (AvgIpc) is 3.07. The number of methoxy groups -OCH3 is 1. The van der Waals surface area contributed by atoms with E-state index >= 15 is 0 Å². The number of nitrogens with one attached hydrogen (secondary N) is 1. The molecule has 1 aromatic heterocycles. The van der Waals surface area contributed by atoms with E-state index in [9.17, 15) is 18.0 Å². The Bertz CT molecular complexity index is 1290. The molecule has 10 heteroatoms. The summed E-state index contributed by atoms with van der Waals surface area (Å²) in [5.74, 6) is -0.656. The van der Waals surface area contributed by atoms with Crippen LogP contribution in [0.15, 0.2) is 56.6 Å². The van der Waals surface area contributed by atoms with Gasteiger partial charge in [0.15, 0.2) is 5.58 Å². The first-order chi connectivity index (χ1) is 14.8. The minimum Gasteiger partial charge on any atom is -0.497 e. The van der Waals surface area contributed by atoms with Gasteiger partial charge >= 0.3 is 5.76 Å². The highest BCUT2D eigenvalue weighted by molar-refractivity contribution is 7.89. The lowest BCUT2D eigenvalue weighted by atomic mass is 9.98. The third kappa shape index (κ3) is 4.08. The molecular weight excluding hydrogens is 422 g/mol. The van der Waals surface area contributed by atoms with Crippen LogP contribution >= 0.6 is 0 Å². The van der Waals surface area contributed by atoms with Crippen molar-refractivity contribution in [2.24, 2.45) is 13.0 Å². The fraction of sp³-hybridized carbons (Fsp3) is 0.333. The molecule has 0 spiro atoms. The first kappa shape index (κ1) is 21.1. The monoisotopic (exact) mass is 445 g/mol. The van der Waals surface area contributed by atoms with E-state index in [1.165, 1.54) is 21.0 Å². The molecule has 1 aliphatic heterocycles. The third-order valence-corrected chi connectivity index (χ3v) is 7.35. The largest absolute Gasteiger partial charge is 0.497 e. The summed E-state index contributed by atoms with van der Waals surface area (Å²) in [5.41, 5.74) is 1.31. The number of carbonyl (C=O) groups excluding carboxylic acids is 1. The van der Waals surface area contributed by atoms with E-state index in [1.807, 2.05) is 0 Å². The van der Waals surface area contributed by atoms with Crippen molar-refractivity contribution in [3.05, 3.63) is 53.0 Å². The fourth-order valence-electron chi connectivity index (χ4n) is 3.74. The highest BCUT2D eigenvalue weighted by atomic mass is 32.2. The second-order valence-electron chi connectivity index (χ2n) is 7.48. The number of aromatic nitrogens is 1. The Morgan fingerprint density at radius 2 is 2.03 bits per heavy atom. The van der Waals surface area contributed by atoms with Gasteiger partial charge in [0.05, 0.1) is 23.4 Å². The van der Waals surface area contributed by atoms with Gasteiger partial charge in [-0.05, 0) is 37.1 Å². The van der Waals surface area contributed by atoms with Crippen LogP contribution in [0.4, 0.5) is 5.69 Å². The molecule has 0 radical (unpaired) electrons. The Balaban J connectivity index is 1.53. The first-order valence-corrected chi connectivity index (χ1v) is 11.3. The summed E-state index contributed by atoms with van der Waals surface area (Å²) in [7, 11) is -0.747. The molecule has 1 unspecified atom stereocenters. The van der Waals surface area contributed by atoms with E-state index < -0.39 is 21.7 Å². The van der Waals surface area contributed by atoms with Gasteiger partial charge in [-0.2, -0.15) is 4.31 Å². The van der Waals surface area contributed by atoms with E-state index in [2.05, 4.69) is 5.32 Å². The minimum absolute atomic E-state index is 0.0307. The number of fused-ring (bicyclic) bond motifs is 1. The molecule has 9 nitrogen and oxygen atoms in total. The molecule has 0 saturated carbocycles. The molecule has 1 atom stereocenters. The minimum atomic E-state index is -3.85. The number of amides is 1. The van der Waals surface area contributed by atoms with Gasteiger partial charge in [0.1, 0.15) is 5.75 Å². The summed E-state index contributed by atoms with van der Waals surface area (Å²) in [5, 5.41) is 2.84. The molecule has 1 aliphatic rings. The van der Waals surface area contributed by atoms with E-state index in [4.69, 9.17) is 9.15 Å². The number of piperidine rings is 1. The molecule has 1 saturated heterocycles. The molecule has 2 aromatic carbocycles. The quantitative estimate of drug-likeness (QED) is 0.644. The maximum atomic E-state index is 13.2. The molecule has 1 amide bonds. The number of hydrogen-bond acceptors (Lipinski definition) is 6. The van der Waals surface area contributed by atoms with E-state index in [-0.39, 0.29) is 22.9 Å². The van der Waals surface area contributed by atoms with Gasteiger partial charge in [0.25, 0.3) is 0 Å². The molecule has 1 fully saturated rings. The lowest BCUT2D eigenvalue weighted by molar-refractivity contribution is -0.120. The molecule has 31 heavy (non-hydrogen) atoms. The molecule has 4 rings (SSSR count). The van der Waals surface area contributed by atoms with Gasteiger partial charge in [0.2, 0.25) is 15.9 Å². The summed E-state index contributed by atoms with van der Waals surface area (Å²) in [6.07, 6.45) is 1.16. The van der Waals surface area contributed by atoms with Crippen molar-refractivity contribution in [3.8, 4) is 5.75 Å². The van der Waals surface area contributed by atoms with Crippen molar-refractivity contribution in [1.82, 2.24) is 8.87 Å².